The van der Waals surface area contributed by atoms with Crippen molar-refractivity contribution in [1.82, 2.24) is 0 Å². The van der Waals surface area contributed by atoms with Gasteiger partial charge in [-0.3, -0.25) is 0 Å². The Morgan fingerprint density at radius 2 is 1.79 bits per heavy atom. The van der Waals surface area contributed by atoms with Crippen LogP contribution in [0.2, 0.25) is 0 Å². The Morgan fingerprint density at radius 3 is 2.29 bits per heavy atom. The van der Waals surface area contributed by atoms with Crippen molar-refractivity contribution in [2.24, 2.45) is 0 Å². The molecule has 0 spiro atoms. The molecule has 0 aliphatic carbocycles. The minimum Gasteiger partial charge on any atom is -0.419 e. The van der Waals surface area contributed by atoms with E-state index in [0.717, 1.165) is 5.56 Å². The van der Waals surface area contributed by atoms with Gasteiger partial charge in [0, 0.05) is 32.7 Å². The van der Waals surface area contributed by atoms with E-state index in [1.165, 1.54) is 11.6 Å². The van der Waals surface area contributed by atoms with E-state index >= 15 is 0 Å². The van der Waals surface area contributed by atoms with Gasteiger partial charge in [0.1, 0.15) is 0 Å². The van der Waals surface area contributed by atoms with Gasteiger partial charge in [0.05, 0.1) is 0 Å². The van der Waals surface area contributed by atoms with Crippen molar-refractivity contribution in [2.45, 2.75) is 20.8 Å². The van der Waals surface area contributed by atoms with E-state index in [1.807, 2.05) is 45.0 Å². The zero-order valence-electron chi connectivity index (χ0n) is 8.95. The predicted octanol–water partition coefficient (Wildman–Crippen LogP) is 3.14. The Kier molecular flexibility index (Phi) is 12.5. The minimum absolute atomic E-state index is 0. The van der Waals surface area contributed by atoms with Crippen molar-refractivity contribution in [2.75, 3.05) is 0 Å². The van der Waals surface area contributed by atoms with Crippen LogP contribution in [0.15, 0.2) is 30.3 Å². The first kappa shape index (κ1) is 16.2. The average Bonchev–Trinajstić information content (AvgIpc) is 2.20. The molecule has 0 heterocycles. The summed E-state index contributed by atoms with van der Waals surface area (Å²) in [7, 11) is 0. The molecule has 0 N–H and O–H groups in total. The molecule has 2 heteroatoms. The Labute approximate surface area is 111 Å². The first-order valence-corrected chi connectivity index (χ1v) is 4.44. The molecule has 0 aliphatic rings. The molecule has 1 radical (unpaired) electrons. The van der Waals surface area contributed by atoms with E-state index in [4.69, 9.17) is 0 Å². The van der Waals surface area contributed by atoms with E-state index in [2.05, 4.69) is 0 Å². The van der Waals surface area contributed by atoms with Crippen molar-refractivity contribution in [1.29, 1.82) is 0 Å². The fraction of sp³-hybridized carbons (Fsp3) is 0.250. The van der Waals surface area contributed by atoms with Crippen LogP contribution in [0.3, 0.4) is 0 Å². The molecule has 14 heavy (non-hydrogen) atoms. The van der Waals surface area contributed by atoms with Crippen LogP contribution in [0.1, 0.15) is 25.0 Å². The summed E-state index contributed by atoms with van der Waals surface area (Å²) in [5.41, 5.74) is 2.23. The molecule has 0 aromatic heterocycles. The topological polar surface area (TPSA) is 17.1 Å². The zero-order valence-corrected chi connectivity index (χ0v) is 11.8. The quantitative estimate of drug-likeness (QED) is 0.592. The Bertz CT molecular complexity index is 279. The molecule has 0 atom stereocenters. The minimum atomic E-state index is 0. The third-order valence-electron chi connectivity index (χ3n) is 1.52. The number of carbonyl (C=O) groups excluding carboxylic acids is 1. The Morgan fingerprint density at radius 1 is 1.21 bits per heavy atom. The molecular formula is C12H15OY-. The van der Waals surface area contributed by atoms with Crippen LogP contribution in [0.4, 0.5) is 0 Å². The van der Waals surface area contributed by atoms with Gasteiger partial charge in [-0.25, -0.2) is 0 Å². The van der Waals surface area contributed by atoms with Crippen LogP contribution in [0, 0.1) is 6.92 Å². The molecular weight excluding hydrogens is 249 g/mol. The number of hydrogen-bond acceptors (Lipinski definition) is 1. The maximum Gasteiger partial charge on any atom is 0 e. The second-order valence-corrected chi connectivity index (χ2v) is 2.31. The van der Waals surface area contributed by atoms with Crippen LogP contribution >= 0.6 is 0 Å². The van der Waals surface area contributed by atoms with Crippen LogP contribution in [-0.4, -0.2) is 6.29 Å². The second-order valence-electron chi connectivity index (χ2n) is 2.31. The maximum absolute atomic E-state index is 9.88. The van der Waals surface area contributed by atoms with Gasteiger partial charge in [0.2, 0.25) is 0 Å². The largest absolute Gasteiger partial charge is 0.419 e. The van der Waals surface area contributed by atoms with E-state index < -0.39 is 0 Å². The van der Waals surface area contributed by atoms with Crippen molar-refractivity contribution in [3.63, 3.8) is 0 Å². The molecule has 1 aromatic rings. The first-order chi connectivity index (χ1) is 6.34. The van der Waals surface area contributed by atoms with E-state index in [9.17, 15) is 4.79 Å². The summed E-state index contributed by atoms with van der Waals surface area (Å²) < 4.78 is 0. The molecule has 0 bridgehead atoms. The Hall–Kier alpha value is -0.266. The second kappa shape index (κ2) is 10.8. The molecule has 0 saturated heterocycles. The molecule has 1 rings (SSSR count). The third-order valence-corrected chi connectivity index (χ3v) is 1.52. The fourth-order valence-corrected chi connectivity index (χ4v) is 0.898. The van der Waals surface area contributed by atoms with Crippen LogP contribution < -0.4 is 0 Å². The first-order valence-electron chi connectivity index (χ1n) is 4.44. The summed E-state index contributed by atoms with van der Waals surface area (Å²) in [5, 5.41) is 0. The van der Waals surface area contributed by atoms with Crippen molar-refractivity contribution in [3.8, 4) is 0 Å². The molecule has 0 saturated carbocycles. The summed E-state index contributed by atoms with van der Waals surface area (Å²) in [6, 6.07) is 7.88. The number of allylic oxidation sites excluding steroid dienone is 1. The monoisotopic (exact) mass is 264 g/mol. The van der Waals surface area contributed by atoms with E-state index in [0.29, 0.717) is 0 Å². The van der Waals surface area contributed by atoms with Gasteiger partial charge in [0.25, 0.3) is 0 Å². The third kappa shape index (κ3) is 6.23. The van der Waals surface area contributed by atoms with Gasteiger partial charge >= 0.3 is 0 Å². The van der Waals surface area contributed by atoms with Crippen molar-refractivity contribution in [3.05, 3.63) is 41.5 Å². The van der Waals surface area contributed by atoms with E-state index in [-0.39, 0.29) is 32.7 Å². The standard InChI is InChI=1S/C10H9O.C2H6.Y/c1-9-5-2-3-6-10(9)7-4-8-11;1-2;/h2-7H,1H3;1-2H3;/q-1;;/b7-4+;;. The molecule has 0 aliphatic heterocycles. The predicted molar refractivity (Wildman–Crippen MR) is 57.3 cm³/mol. The van der Waals surface area contributed by atoms with Gasteiger partial charge in [-0.15, -0.1) is 5.56 Å². The molecule has 1 aromatic carbocycles. The number of aryl methyl sites for hydroxylation is 1. The van der Waals surface area contributed by atoms with Crippen molar-refractivity contribution >= 4 is 12.4 Å². The molecule has 0 unspecified atom stereocenters. The summed E-state index contributed by atoms with van der Waals surface area (Å²) in [6.07, 6.45) is 4.84. The summed E-state index contributed by atoms with van der Waals surface area (Å²) in [5.74, 6) is 0. The molecule has 1 nitrogen and oxygen atoms in total. The van der Waals surface area contributed by atoms with Gasteiger partial charge in [-0.1, -0.05) is 43.7 Å². The average molecular weight is 264 g/mol. The molecule has 0 fully saturated rings. The smallest absolute Gasteiger partial charge is 0 e. The van der Waals surface area contributed by atoms with Crippen LogP contribution in [0.5, 0.6) is 0 Å². The summed E-state index contributed by atoms with van der Waals surface area (Å²) in [6.45, 7) is 6.00. The SMILES string of the molecule is CC.Cc1ccccc1/C=C/[C-]=O.[Y]. The molecule has 0 amide bonds. The summed E-state index contributed by atoms with van der Waals surface area (Å²) in [4.78, 5) is 9.88. The normalized spacial score (nSPS) is 8.50. The fourth-order valence-electron chi connectivity index (χ4n) is 0.898. The van der Waals surface area contributed by atoms with Gasteiger partial charge < -0.3 is 4.79 Å². The number of rotatable bonds is 2. The van der Waals surface area contributed by atoms with Gasteiger partial charge in [-0.05, 0) is 13.2 Å². The van der Waals surface area contributed by atoms with Gasteiger partial charge in [0.15, 0.2) is 0 Å². The van der Waals surface area contributed by atoms with Crippen molar-refractivity contribution < 1.29 is 37.5 Å². The van der Waals surface area contributed by atoms with E-state index in [1.54, 1.807) is 12.4 Å². The van der Waals surface area contributed by atoms with Crippen LogP contribution in [0.25, 0.3) is 6.08 Å². The molecule has 73 valence electrons. The maximum atomic E-state index is 9.88. The zero-order chi connectivity index (χ0) is 10.1. The Balaban J connectivity index is 0. The number of hydrogen-bond donors (Lipinski definition) is 0. The summed E-state index contributed by atoms with van der Waals surface area (Å²) >= 11 is 0. The van der Waals surface area contributed by atoms with Crippen LogP contribution in [-0.2, 0) is 37.5 Å². The van der Waals surface area contributed by atoms with Gasteiger partial charge in [-0.2, -0.15) is 12.2 Å². The number of benzene rings is 1.